The van der Waals surface area contributed by atoms with Crippen LogP contribution in [-0.4, -0.2) is 45.0 Å². The maximum Gasteiger partial charge on any atom is 0.474 e. The van der Waals surface area contributed by atoms with E-state index in [9.17, 15) is 26.5 Å². The average Bonchev–Trinajstić information content (AvgIpc) is 3.61. The zero-order valence-electron chi connectivity index (χ0n) is 20.0. The normalized spacial score (nSPS) is 13.0. The smallest absolute Gasteiger partial charge is 0.422 e. The Kier molecular flexibility index (Phi) is 6.71. The van der Waals surface area contributed by atoms with Gasteiger partial charge in [-0.2, -0.15) is 22.0 Å². The number of hydrogen-bond donors (Lipinski definition) is 0. The Bertz CT molecular complexity index is 1680. The quantitative estimate of drug-likeness (QED) is 0.160. The van der Waals surface area contributed by atoms with E-state index in [1.165, 1.54) is 40.9 Å². The predicted octanol–water partition coefficient (Wildman–Crippen LogP) is 6.17. The number of phosphoric ester groups is 1. The summed E-state index contributed by atoms with van der Waals surface area (Å²) in [5.41, 5.74) is -0.444. The number of imidazole rings is 1. The highest BCUT2D eigenvalue weighted by Gasteiger charge is 2.60. The number of fused-ring (bicyclic) bond motifs is 3. The highest BCUT2D eigenvalue weighted by Crippen LogP contribution is 2.48. The number of hydrogen-bond acceptors (Lipinski definition) is 9. The van der Waals surface area contributed by atoms with E-state index >= 15 is 0 Å². The summed E-state index contributed by atoms with van der Waals surface area (Å²) in [7, 11) is -1.45. The Morgan fingerprint density at radius 3 is 2.33 bits per heavy atom. The van der Waals surface area contributed by atoms with E-state index in [-0.39, 0.29) is 40.4 Å². The van der Waals surface area contributed by atoms with Crippen molar-refractivity contribution in [2.75, 3.05) is 14.2 Å². The second kappa shape index (κ2) is 9.75. The van der Waals surface area contributed by atoms with Crippen LogP contribution in [0.15, 0.2) is 59.5 Å². The Balaban J connectivity index is 1.65. The molecule has 204 valence electrons. The van der Waals surface area contributed by atoms with E-state index in [4.69, 9.17) is 18.0 Å². The third-order valence-electron chi connectivity index (χ3n) is 5.76. The lowest BCUT2D eigenvalue weighted by Crippen LogP contribution is -2.34. The minimum atomic E-state index is -5.89. The molecule has 4 heterocycles. The molecule has 0 N–H and O–H groups in total. The van der Waals surface area contributed by atoms with Gasteiger partial charge in [-0.15, -0.1) is 10.2 Å². The fourth-order valence-corrected chi connectivity index (χ4v) is 4.44. The average molecular weight is 569 g/mol. The molecule has 0 aliphatic rings. The van der Waals surface area contributed by atoms with E-state index < -0.39 is 25.6 Å². The number of pyridine rings is 2. The van der Waals surface area contributed by atoms with Gasteiger partial charge in [0.2, 0.25) is 6.39 Å². The topological polar surface area (TPSA) is 114 Å². The number of nitrogens with zero attached hydrogens (tertiary/aromatic N) is 5. The van der Waals surface area contributed by atoms with Crippen LogP contribution < -0.4 is 0 Å². The van der Waals surface area contributed by atoms with Crippen LogP contribution in [-0.2, 0) is 30.7 Å². The van der Waals surface area contributed by atoms with Gasteiger partial charge < -0.3 is 4.42 Å². The van der Waals surface area contributed by atoms with Gasteiger partial charge in [-0.25, -0.2) is 14.5 Å². The lowest BCUT2D eigenvalue weighted by atomic mass is 9.99. The minimum Gasteiger partial charge on any atom is -0.422 e. The number of benzene rings is 1. The number of halogens is 5. The van der Waals surface area contributed by atoms with Crippen LogP contribution in [0.25, 0.3) is 39.4 Å². The van der Waals surface area contributed by atoms with Gasteiger partial charge >= 0.3 is 19.9 Å². The molecule has 0 saturated carbocycles. The van der Waals surface area contributed by atoms with Crippen LogP contribution in [0.1, 0.15) is 11.3 Å². The van der Waals surface area contributed by atoms with Crippen molar-refractivity contribution in [1.82, 2.24) is 24.6 Å². The summed E-state index contributed by atoms with van der Waals surface area (Å²) in [5, 5.41) is 7.57. The molecule has 39 heavy (non-hydrogen) atoms. The van der Waals surface area contributed by atoms with Crippen LogP contribution in [0.2, 0.25) is 0 Å². The first kappa shape index (κ1) is 26.8. The summed E-state index contributed by atoms with van der Waals surface area (Å²) >= 11 is 0. The highest BCUT2D eigenvalue weighted by atomic mass is 31.2. The lowest BCUT2D eigenvalue weighted by molar-refractivity contribution is -0.290. The summed E-state index contributed by atoms with van der Waals surface area (Å²) in [6.45, 7) is -0.179. The third-order valence-corrected chi connectivity index (χ3v) is 7.10. The molecule has 0 atom stereocenters. The third kappa shape index (κ3) is 4.89. The van der Waals surface area contributed by atoms with Gasteiger partial charge in [0.15, 0.2) is 0 Å². The molecule has 0 spiro atoms. The molecule has 5 aromatic rings. The summed E-state index contributed by atoms with van der Waals surface area (Å²) in [5.74, 6) is -5.23. The van der Waals surface area contributed by atoms with Crippen molar-refractivity contribution >= 4 is 24.5 Å². The van der Waals surface area contributed by atoms with Crippen LogP contribution >= 0.6 is 7.82 Å². The molecule has 0 aliphatic heterocycles. The van der Waals surface area contributed by atoms with Crippen LogP contribution in [0.5, 0.6) is 0 Å². The first-order chi connectivity index (χ1) is 18.5. The number of alkyl halides is 5. The van der Waals surface area contributed by atoms with Crippen molar-refractivity contribution in [1.29, 1.82) is 0 Å². The number of aromatic nitrogens is 5. The molecule has 0 radical (unpaired) electrons. The van der Waals surface area contributed by atoms with Crippen LogP contribution in [0.4, 0.5) is 22.0 Å². The van der Waals surface area contributed by atoms with Crippen molar-refractivity contribution in [2.45, 2.75) is 18.7 Å². The molecule has 0 aliphatic carbocycles. The zero-order chi connectivity index (χ0) is 28.0. The SMILES string of the molecule is COP(=O)(OC)OCc1ccc(-c2cc(C(F)(F)C(F)(F)F)nc3c2ccc2nc(-c4nnco4)cn23)cc1. The molecule has 0 bridgehead atoms. The predicted molar refractivity (Wildman–Crippen MR) is 126 cm³/mol. The van der Waals surface area contributed by atoms with E-state index in [2.05, 4.69) is 20.2 Å². The van der Waals surface area contributed by atoms with Crippen molar-refractivity contribution in [3.05, 3.63) is 66.3 Å². The maximum atomic E-state index is 14.5. The van der Waals surface area contributed by atoms with Gasteiger partial charge in [0.05, 0.1) is 6.61 Å². The van der Waals surface area contributed by atoms with Crippen molar-refractivity contribution < 1.29 is 44.5 Å². The molecule has 0 amide bonds. The first-order valence-corrected chi connectivity index (χ1v) is 12.4. The van der Waals surface area contributed by atoms with Crippen molar-refractivity contribution in [3.8, 4) is 22.7 Å². The van der Waals surface area contributed by atoms with Gasteiger partial charge in [-0.1, -0.05) is 24.3 Å². The van der Waals surface area contributed by atoms with Gasteiger partial charge in [-0.05, 0) is 34.9 Å². The number of rotatable bonds is 8. The van der Waals surface area contributed by atoms with Crippen LogP contribution in [0.3, 0.4) is 0 Å². The van der Waals surface area contributed by atoms with E-state index in [1.807, 2.05) is 0 Å². The largest absolute Gasteiger partial charge is 0.474 e. The highest BCUT2D eigenvalue weighted by molar-refractivity contribution is 7.48. The second-order valence-electron chi connectivity index (χ2n) is 8.08. The summed E-state index contributed by atoms with van der Waals surface area (Å²) in [6.07, 6.45) is -3.48. The Hall–Kier alpha value is -3.78. The summed E-state index contributed by atoms with van der Waals surface area (Å²) < 4.78 is 102. The van der Waals surface area contributed by atoms with E-state index in [0.29, 0.717) is 17.2 Å². The monoisotopic (exact) mass is 569 g/mol. The molecule has 0 unspecified atom stereocenters. The fraction of sp³-hybridized carbons (Fsp3) is 0.217. The Morgan fingerprint density at radius 2 is 1.72 bits per heavy atom. The molecule has 0 saturated heterocycles. The molecular formula is C23H17F5N5O5P. The van der Waals surface area contributed by atoms with Crippen molar-refractivity contribution in [3.63, 3.8) is 0 Å². The fourth-order valence-electron chi connectivity index (χ4n) is 3.78. The zero-order valence-corrected chi connectivity index (χ0v) is 20.9. The molecule has 16 heteroatoms. The van der Waals surface area contributed by atoms with E-state index in [1.54, 1.807) is 6.07 Å². The van der Waals surface area contributed by atoms with Gasteiger partial charge in [0.25, 0.3) is 5.89 Å². The maximum absolute atomic E-state index is 14.5. The van der Waals surface area contributed by atoms with Crippen molar-refractivity contribution in [2.24, 2.45) is 0 Å². The van der Waals surface area contributed by atoms with E-state index in [0.717, 1.165) is 20.6 Å². The van der Waals surface area contributed by atoms with Crippen LogP contribution in [0, 0.1) is 0 Å². The molecule has 5 rings (SSSR count). The van der Waals surface area contributed by atoms with Gasteiger partial charge in [0.1, 0.15) is 22.7 Å². The molecule has 10 nitrogen and oxygen atoms in total. The standard InChI is InChI=1S/C23H17F5N5O5P/c1-35-39(34,36-2)38-11-13-3-5-14(6-4-13)16-9-18(22(24,25)23(26,27)28)31-20-15(16)7-8-19-30-17(10-33(19)20)21-32-29-12-37-21/h3-10,12H,11H2,1-2H3. The molecule has 4 aromatic heterocycles. The van der Waals surface area contributed by atoms with Gasteiger partial charge in [-0.3, -0.25) is 18.0 Å². The first-order valence-electron chi connectivity index (χ1n) is 11.0. The molecule has 0 fully saturated rings. The Labute approximate surface area is 216 Å². The number of phosphoric acid groups is 1. The second-order valence-corrected chi connectivity index (χ2v) is 9.96. The molecule has 1 aromatic carbocycles. The Morgan fingerprint density at radius 1 is 1.00 bits per heavy atom. The minimum absolute atomic E-state index is 0.0214. The molecular weight excluding hydrogens is 552 g/mol. The lowest BCUT2D eigenvalue weighted by Gasteiger charge is -2.21. The summed E-state index contributed by atoms with van der Waals surface area (Å²) in [4.78, 5) is 8.00. The van der Waals surface area contributed by atoms with Gasteiger partial charge in [0, 0.05) is 25.8 Å². The summed E-state index contributed by atoms with van der Waals surface area (Å²) in [6, 6.07) is 9.81.